The molecule has 0 radical (unpaired) electrons. The summed E-state index contributed by atoms with van der Waals surface area (Å²) in [6.07, 6.45) is 0.242. The molecule has 340 valence electrons. The van der Waals surface area contributed by atoms with E-state index in [2.05, 4.69) is 30.5 Å². The lowest BCUT2D eigenvalue weighted by Crippen LogP contribution is -2.62. The van der Waals surface area contributed by atoms with Gasteiger partial charge < -0.3 is 29.1 Å². The molecule has 2 saturated carbocycles. The van der Waals surface area contributed by atoms with Gasteiger partial charge in [-0.15, -0.1) is 17.9 Å². The third kappa shape index (κ3) is 8.97. The number of hydrogen-bond donors (Lipinski definition) is 3. The molecule has 3 aliphatic rings. The van der Waals surface area contributed by atoms with Crippen molar-refractivity contribution in [1.29, 1.82) is 0 Å². The van der Waals surface area contributed by atoms with Gasteiger partial charge in [0.05, 0.1) is 41.3 Å². The van der Waals surface area contributed by atoms with Crippen LogP contribution in [-0.4, -0.2) is 112 Å². The van der Waals surface area contributed by atoms with Crippen LogP contribution in [0.4, 0.5) is 0 Å². The second-order valence-electron chi connectivity index (χ2n) is 19.8. The lowest BCUT2D eigenvalue weighted by molar-refractivity contribution is -0.192. The molecule has 6 rings (SSSR count). The van der Waals surface area contributed by atoms with Gasteiger partial charge in [-0.05, 0) is 77.3 Å². The molecule has 2 aliphatic carbocycles. The zero-order valence-electron chi connectivity index (χ0n) is 38.3. The maximum atomic E-state index is 15.2. The van der Waals surface area contributed by atoms with E-state index in [4.69, 9.17) is 24.2 Å². The second kappa shape index (κ2) is 16.8. The van der Waals surface area contributed by atoms with Crippen LogP contribution >= 0.6 is 11.3 Å². The van der Waals surface area contributed by atoms with Crippen molar-refractivity contribution in [3.63, 3.8) is 0 Å². The van der Waals surface area contributed by atoms with Gasteiger partial charge in [0.2, 0.25) is 28.3 Å². The van der Waals surface area contributed by atoms with E-state index in [0.29, 0.717) is 45.9 Å². The number of aliphatic hydroxyl groups is 1. The number of ether oxygens (including phenoxy) is 3. The number of likely N-dealkylation sites (N-methyl/N-ethyl adjacent to an activating group) is 1. The molecular formula is C45H64N6O9S2. The average Bonchev–Trinajstić information content (AvgIpc) is 4.02. The van der Waals surface area contributed by atoms with Gasteiger partial charge in [0.25, 0.3) is 5.91 Å². The Bertz CT molecular complexity index is 2350. The number of hydrogen-bond acceptors (Lipinski definition) is 13. The molecule has 0 spiro atoms. The van der Waals surface area contributed by atoms with Gasteiger partial charge >= 0.3 is 0 Å². The highest BCUT2D eigenvalue weighted by atomic mass is 32.2. The number of thiazole rings is 1. The quantitative estimate of drug-likeness (QED) is 0.121. The fraction of sp³-hybridized carbons (Fsp3) is 0.622. The molecule has 3 aromatic rings. The average molecular weight is 897 g/mol. The lowest BCUT2D eigenvalue weighted by atomic mass is 9.85. The predicted octanol–water partition coefficient (Wildman–Crippen LogP) is 5.89. The van der Waals surface area contributed by atoms with E-state index in [-0.39, 0.29) is 18.9 Å². The Morgan fingerprint density at radius 2 is 1.77 bits per heavy atom. The molecule has 17 heteroatoms. The zero-order valence-corrected chi connectivity index (χ0v) is 39.9. The number of amides is 3. The summed E-state index contributed by atoms with van der Waals surface area (Å²) in [6, 6.07) is 3.30. The van der Waals surface area contributed by atoms with Crippen molar-refractivity contribution >= 4 is 50.0 Å². The van der Waals surface area contributed by atoms with Gasteiger partial charge in [-0.1, -0.05) is 47.6 Å². The molecule has 1 aliphatic heterocycles. The van der Waals surface area contributed by atoms with Crippen LogP contribution in [0.1, 0.15) is 106 Å². The van der Waals surface area contributed by atoms with Crippen LogP contribution < -0.4 is 19.5 Å². The number of benzene rings is 1. The summed E-state index contributed by atoms with van der Waals surface area (Å²) in [5, 5.41) is 17.4. The number of nitrogens with zero attached hydrogens (tertiary/aromatic N) is 4. The summed E-state index contributed by atoms with van der Waals surface area (Å²) in [5.74, 6) is -1.78. The van der Waals surface area contributed by atoms with Crippen LogP contribution in [0.5, 0.6) is 11.5 Å². The Balaban J connectivity index is 1.42. The summed E-state index contributed by atoms with van der Waals surface area (Å²) in [6.45, 7) is 24.2. The molecule has 15 nitrogen and oxygen atoms in total. The summed E-state index contributed by atoms with van der Waals surface area (Å²) in [5.41, 5.74) is -0.158. The summed E-state index contributed by atoms with van der Waals surface area (Å²) >= 11 is 1.47. The van der Waals surface area contributed by atoms with Crippen molar-refractivity contribution in [2.75, 3.05) is 20.7 Å². The zero-order chi connectivity index (χ0) is 46.1. The van der Waals surface area contributed by atoms with Crippen LogP contribution in [0.2, 0.25) is 0 Å². The molecule has 3 amide bonds. The SMILES string of the molecule is C=CC1CC1(C(=O)NS(=O)(=O)C1(C)CC1)N(C)C(=O)C1C(C)C(Oc2cc(-c3nc(C(C)C)cs3)nc3c(C)c(OC)ccc23)CN1C(=O)C(NC(O)OC(C)(C)C)C(C)(C)C. The third-order valence-corrected chi connectivity index (χ3v) is 15.7. The van der Waals surface area contributed by atoms with Crippen LogP contribution in [0.3, 0.4) is 0 Å². The number of aliphatic hydroxyl groups excluding tert-OH is 1. The Kier molecular flexibility index (Phi) is 12.8. The number of aryl methyl sites for hydroxylation is 1. The monoisotopic (exact) mass is 896 g/mol. The molecule has 3 heterocycles. The second-order valence-corrected chi connectivity index (χ2v) is 22.8. The van der Waals surface area contributed by atoms with Gasteiger partial charge in [-0.2, -0.15) is 0 Å². The molecule has 7 unspecified atom stereocenters. The predicted molar refractivity (Wildman–Crippen MR) is 239 cm³/mol. The Morgan fingerprint density at radius 3 is 2.31 bits per heavy atom. The number of carbonyl (C=O) groups is 3. The summed E-state index contributed by atoms with van der Waals surface area (Å²) < 4.78 is 46.2. The minimum absolute atomic E-state index is 0.0470. The Morgan fingerprint density at radius 1 is 1.11 bits per heavy atom. The first-order valence-electron chi connectivity index (χ1n) is 21.2. The van der Waals surface area contributed by atoms with Crippen molar-refractivity contribution in [2.45, 2.75) is 142 Å². The van der Waals surface area contributed by atoms with Crippen molar-refractivity contribution in [2.24, 2.45) is 17.3 Å². The highest BCUT2D eigenvalue weighted by Gasteiger charge is 2.66. The number of rotatable bonds is 15. The highest BCUT2D eigenvalue weighted by Crippen LogP contribution is 2.51. The molecular weight excluding hydrogens is 833 g/mol. The van der Waals surface area contributed by atoms with E-state index in [1.807, 2.05) is 58.2 Å². The van der Waals surface area contributed by atoms with E-state index >= 15 is 9.59 Å². The van der Waals surface area contributed by atoms with Gasteiger partial charge in [0, 0.05) is 41.3 Å². The molecule has 2 aromatic heterocycles. The number of carbonyl (C=O) groups excluding carboxylic acids is 3. The van der Waals surface area contributed by atoms with E-state index < -0.39 is 85.5 Å². The summed E-state index contributed by atoms with van der Waals surface area (Å²) in [4.78, 5) is 57.0. The summed E-state index contributed by atoms with van der Waals surface area (Å²) in [7, 11) is -0.972. The number of nitrogens with one attached hydrogen (secondary N) is 2. The topological polar surface area (TPSA) is 190 Å². The van der Waals surface area contributed by atoms with Crippen molar-refractivity contribution in [3.05, 3.63) is 47.5 Å². The fourth-order valence-electron chi connectivity index (χ4n) is 8.23. The maximum Gasteiger partial charge on any atom is 0.260 e. The number of sulfonamides is 1. The van der Waals surface area contributed by atoms with Gasteiger partial charge in [-0.3, -0.25) is 24.4 Å². The number of likely N-dealkylation sites (tertiary alicyclic amines) is 1. The van der Waals surface area contributed by atoms with E-state index in [1.165, 1.54) is 28.2 Å². The minimum atomic E-state index is -4.04. The van der Waals surface area contributed by atoms with Crippen LogP contribution in [0, 0.1) is 24.2 Å². The minimum Gasteiger partial charge on any atom is -0.496 e. The largest absolute Gasteiger partial charge is 0.496 e. The van der Waals surface area contributed by atoms with Crippen molar-refractivity contribution in [3.8, 4) is 22.2 Å². The molecule has 3 fully saturated rings. The number of pyridine rings is 1. The van der Waals surface area contributed by atoms with Crippen molar-refractivity contribution < 1.29 is 42.1 Å². The molecule has 1 saturated heterocycles. The van der Waals surface area contributed by atoms with Gasteiger partial charge in [-0.25, -0.2) is 18.4 Å². The van der Waals surface area contributed by atoms with Gasteiger partial charge in [0.15, 0.2) is 0 Å². The molecule has 62 heavy (non-hydrogen) atoms. The number of fused-ring (bicyclic) bond motifs is 1. The van der Waals surface area contributed by atoms with Gasteiger partial charge in [0.1, 0.15) is 39.9 Å². The Labute approximate surface area is 370 Å². The standard InChI is InChI=1S/C45H64N6O9S2/c1-15-27-21-45(27,40(54)49-62(56,57)44(12)18-19-44)50(13)38(52)35-26(5)33(22-51(35)39(53)36(42(6,7)8)48-41(55)60-43(9,10)11)59-32-20-29(37-47-30(23-61-37)24(2)3)46-34-25(4)31(58-14)17-16-28(32)34/h15-17,20,23-24,26-27,33,35-36,41,48,55H,1,18-19,21-22H2,2-14H3,(H,49,54). The maximum absolute atomic E-state index is 15.2. The lowest BCUT2D eigenvalue weighted by Gasteiger charge is -2.39. The highest BCUT2D eigenvalue weighted by molar-refractivity contribution is 7.91. The van der Waals surface area contributed by atoms with Crippen LogP contribution in [0.15, 0.2) is 36.2 Å². The smallest absolute Gasteiger partial charge is 0.260 e. The van der Waals surface area contributed by atoms with E-state index in [9.17, 15) is 18.3 Å². The van der Waals surface area contributed by atoms with Crippen LogP contribution in [-0.2, 0) is 29.1 Å². The molecule has 3 N–H and O–H groups in total. The van der Waals surface area contributed by atoms with Crippen molar-refractivity contribution in [1.82, 2.24) is 29.8 Å². The fourth-order valence-corrected chi connectivity index (χ4v) is 10.5. The van der Waals surface area contributed by atoms with E-state index in [1.54, 1.807) is 40.9 Å². The molecule has 1 aromatic carbocycles. The number of aromatic nitrogens is 2. The number of methoxy groups -OCH3 is 1. The van der Waals surface area contributed by atoms with Crippen LogP contribution in [0.25, 0.3) is 21.6 Å². The third-order valence-electron chi connectivity index (χ3n) is 12.6. The normalized spacial score (nSPS) is 24.4. The first kappa shape index (κ1) is 47.3. The Hall–Kier alpha value is -4.16. The first-order chi connectivity index (χ1) is 28.7. The van der Waals surface area contributed by atoms with E-state index in [0.717, 1.165) is 11.3 Å². The first-order valence-corrected chi connectivity index (χ1v) is 23.6. The molecule has 7 atom stereocenters. The molecule has 0 bridgehead atoms.